The minimum atomic E-state index is -4.76. The zero-order valence-electron chi connectivity index (χ0n) is 18.4. The first-order chi connectivity index (χ1) is 15.7. The van der Waals surface area contributed by atoms with Crippen molar-refractivity contribution in [3.05, 3.63) is 82.0 Å². The lowest BCUT2D eigenvalue weighted by molar-refractivity contribution is -0.141. The minimum Gasteiger partial charge on any atom is -0.392 e. The number of aromatic nitrogens is 2. The first-order valence-electron chi connectivity index (χ1n) is 10.7. The summed E-state index contributed by atoms with van der Waals surface area (Å²) in [5.41, 5.74) is 1.80. The van der Waals surface area contributed by atoms with Crippen LogP contribution in [0.15, 0.2) is 48.5 Å². The fourth-order valence-electron chi connectivity index (χ4n) is 4.07. The van der Waals surface area contributed by atoms with E-state index in [0.29, 0.717) is 18.7 Å². The normalized spacial score (nSPS) is 14.3. The summed E-state index contributed by atoms with van der Waals surface area (Å²) < 4.78 is 42.8. The van der Waals surface area contributed by atoms with Crippen molar-refractivity contribution < 1.29 is 23.1 Å². The number of carbonyl (C=O) groups excluding carboxylic acids is 1. The van der Waals surface area contributed by atoms with Crippen molar-refractivity contribution in [2.24, 2.45) is 0 Å². The maximum atomic E-state index is 13.8. The topological polar surface area (TPSA) is 70.4 Å². The van der Waals surface area contributed by atoms with Gasteiger partial charge >= 0.3 is 6.18 Å². The van der Waals surface area contributed by atoms with Crippen molar-refractivity contribution in [1.29, 1.82) is 0 Å². The molecule has 33 heavy (non-hydrogen) atoms. The average Bonchev–Trinajstić information content (AvgIpc) is 3.35. The van der Waals surface area contributed by atoms with Gasteiger partial charge in [-0.05, 0) is 36.1 Å². The van der Waals surface area contributed by atoms with Crippen LogP contribution in [-0.2, 0) is 25.9 Å². The molecule has 1 atom stereocenters. The Bertz CT molecular complexity index is 1160. The van der Waals surface area contributed by atoms with Gasteiger partial charge in [0.05, 0.1) is 19.2 Å². The molecule has 2 N–H and O–H groups in total. The first kappa shape index (κ1) is 22.8. The largest absolute Gasteiger partial charge is 0.436 e. The van der Waals surface area contributed by atoms with Gasteiger partial charge < -0.3 is 15.3 Å². The molecule has 174 valence electrons. The highest BCUT2D eigenvalue weighted by Gasteiger charge is 2.44. The molecule has 0 aliphatic carbocycles. The van der Waals surface area contributed by atoms with Gasteiger partial charge in [-0.1, -0.05) is 48.5 Å². The van der Waals surface area contributed by atoms with Crippen molar-refractivity contribution in [2.75, 3.05) is 11.4 Å². The predicted molar refractivity (Wildman–Crippen MR) is 118 cm³/mol. The summed E-state index contributed by atoms with van der Waals surface area (Å²) in [6.45, 7) is 4.65. The molecule has 0 unspecified atom stereocenters. The third kappa shape index (κ3) is 4.59. The lowest BCUT2D eigenvalue weighted by Crippen LogP contribution is -2.31. The SMILES string of the molecule is Cc1ccccc1CN1CCn2nc(C(F)(F)F)c(C(=O)N[C@@H](C)c3ccc(CO)cc3)c21. The second kappa shape index (κ2) is 8.90. The van der Waals surface area contributed by atoms with Gasteiger partial charge in [-0.3, -0.25) is 4.79 Å². The van der Waals surface area contributed by atoms with Crippen LogP contribution < -0.4 is 10.2 Å². The van der Waals surface area contributed by atoms with E-state index in [1.54, 1.807) is 36.1 Å². The van der Waals surface area contributed by atoms with Crippen molar-refractivity contribution >= 4 is 11.7 Å². The summed E-state index contributed by atoms with van der Waals surface area (Å²) in [6, 6.07) is 14.0. The Hall–Kier alpha value is -3.33. The van der Waals surface area contributed by atoms with Crippen LogP contribution in [-0.4, -0.2) is 27.3 Å². The number of hydrogen-bond donors (Lipinski definition) is 2. The Kier molecular flexibility index (Phi) is 6.16. The number of alkyl halides is 3. The number of aliphatic hydroxyl groups is 1. The van der Waals surface area contributed by atoms with E-state index in [1.165, 1.54) is 4.68 Å². The third-order valence-corrected chi connectivity index (χ3v) is 5.93. The molecule has 1 aliphatic heterocycles. The summed E-state index contributed by atoms with van der Waals surface area (Å²) >= 11 is 0. The molecule has 4 rings (SSSR count). The maximum Gasteiger partial charge on any atom is 0.436 e. The third-order valence-electron chi connectivity index (χ3n) is 5.93. The van der Waals surface area contributed by atoms with Gasteiger partial charge in [0.1, 0.15) is 11.4 Å². The summed E-state index contributed by atoms with van der Waals surface area (Å²) in [5.74, 6) is -0.634. The molecule has 1 amide bonds. The summed E-state index contributed by atoms with van der Waals surface area (Å²) in [4.78, 5) is 15.0. The molecule has 0 saturated heterocycles. The molecule has 6 nitrogen and oxygen atoms in total. The van der Waals surface area contributed by atoms with Crippen molar-refractivity contribution in [3.8, 4) is 0 Å². The van der Waals surface area contributed by atoms with Crippen molar-refractivity contribution in [3.63, 3.8) is 0 Å². The predicted octanol–water partition coefficient (Wildman–Crippen LogP) is 4.21. The van der Waals surface area contributed by atoms with E-state index in [0.717, 1.165) is 16.7 Å². The molecular formula is C24H25F3N4O2. The first-order valence-corrected chi connectivity index (χ1v) is 10.7. The second-order valence-corrected chi connectivity index (χ2v) is 8.21. The molecule has 0 bridgehead atoms. The fourth-order valence-corrected chi connectivity index (χ4v) is 4.07. The summed E-state index contributed by atoms with van der Waals surface area (Å²) in [7, 11) is 0. The van der Waals surface area contributed by atoms with E-state index >= 15 is 0 Å². The van der Waals surface area contributed by atoms with E-state index < -0.39 is 29.4 Å². The highest BCUT2D eigenvalue weighted by atomic mass is 19.4. The van der Waals surface area contributed by atoms with Crippen LogP contribution in [0.4, 0.5) is 19.0 Å². The Morgan fingerprint density at radius 3 is 2.48 bits per heavy atom. The van der Waals surface area contributed by atoms with E-state index in [-0.39, 0.29) is 19.0 Å². The summed E-state index contributed by atoms with van der Waals surface area (Å²) in [5, 5.41) is 15.6. The Morgan fingerprint density at radius 2 is 1.85 bits per heavy atom. The monoisotopic (exact) mass is 458 g/mol. The van der Waals surface area contributed by atoms with Crippen LogP contribution in [0.25, 0.3) is 0 Å². The number of fused-ring (bicyclic) bond motifs is 1. The van der Waals surface area contributed by atoms with Gasteiger partial charge in [0.2, 0.25) is 0 Å². The van der Waals surface area contributed by atoms with Crippen LogP contribution in [0.2, 0.25) is 0 Å². The molecule has 1 aromatic heterocycles. The fraction of sp³-hybridized carbons (Fsp3) is 0.333. The van der Waals surface area contributed by atoms with Gasteiger partial charge in [-0.15, -0.1) is 0 Å². The average molecular weight is 458 g/mol. The molecule has 1 aliphatic rings. The smallest absolute Gasteiger partial charge is 0.392 e. The molecule has 9 heteroatoms. The zero-order chi connectivity index (χ0) is 23.8. The quantitative estimate of drug-likeness (QED) is 0.581. The zero-order valence-corrected chi connectivity index (χ0v) is 18.4. The van der Waals surface area contributed by atoms with Crippen LogP contribution in [0, 0.1) is 6.92 Å². The Labute approximate surface area is 189 Å². The highest BCUT2D eigenvalue weighted by Crippen LogP contribution is 2.39. The van der Waals surface area contributed by atoms with E-state index in [2.05, 4.69) is 10.4 Å². The number of benzene rings is 2. The number of aliphatic hydroxyl groups excluding tert-OH is 1. The van der Waals surface area contributed by atoms with Crippen molar-refractivity contribution in [2.45, 2.75) is 45.8 Å². The second-order valence-electron chi connectivity index (χ2n) is 8.21. The number of carbonyl (C=O) groups is 1. The lowest BCUT2D eigenvalue weighted by Gasteiger charge is -2.21. The Balaban J connectivity index is 1.66. The molecule has 2 heterocycles. The van der Waals surface area contributed by atoms with E-state index in [9.17, 15) is 23.1 Å². The number of nitrogens with zero attached hydrogens (tertiary/aromatic N) is 3. The van der Waals surface area contributed by atoms with E-state index in [4.69, 9.17) is 0 Å². The number of rotatable bonds is 6. The Morgan fingerprint density at radius 1 is 1.15 bits per heavy atom. The molecule has 0 saturated carbocycles. The summed E-state index contributed by atoms with van der Waals surface area (Å²) in [6.07, 6.45) is -4.76. The van der Waals surface area contributed by atoms with Gasteiger partial charge in [-0.2, -0.15) is 18.3 Å². The highest BCUT2D eigenvalue weighted by molar-refractivity contribution is 6.01. The van der Waals surface area contributed by atoms with Gasteiger partial charge in [-0.25, -0.2) is 4.68 Å². The van der Waals surface area contributed by atoms with Gasteiger partial charge in [0.15, 0.2) is 5.69 Å². The number of nitrogens with one attached hydrogen (secondary N) is 1. The van der Waals surface area contributed by atoms with Crippen molar-refractivity contribution in [1.82, 2.24) is 15.1 Å². The molecule has 3 aromatic rings. The molecule has 0 fully saturated rings. The maximum absolute atomic E-state index is 13.8. The number of hydrogen-bond acceptors (Lipinski definition) is 4. The van der Waals surface area contributed by atoms with Crippen LogP contribution in [0.5, 0.6) is 0 Å². The standard InChI is InChI=1S/C24H25F3N4O2/c1-15-5-3-4-6-19(15)13-30-11-12-31-23(30)20(21(29-31)24(25,26)27)22(33)28-16(2)18-9-7-17(14-32)8-10-18/h3-10,16,32H,11-14H2,1-2H3,(H,28,33)/t16-/m0/s1. The number of amides is 1. The molecule has 0 radical (unpaired) electrons. The van der Waals surface area contributed by atoms with Crippen LogP contribution in [0.3, 0.4) is 0 Å². The molecule has 2 aromatic carbocycles. The minimum absolute atomic E-state index is 0.116. The van der Waals surface area contributed by atoms with Gasteiger partial charge in [0, 0.05) is 13.1 Å². The molecule has 0 spiro atoms. The number of aryl methyl sites for hydroxylation is 1. The molecular weight excluding hydrogens is 433 g/mol. The number of anilines is 1. The van der Waals surface area contributed by atoms with Crippen LogP contribution >= 0.6 is 0 Å². The van der Waals surface area contributed by atoms with Gasteiger partial charge in [0.25, 0.3) is 5.91 Å². The lowest BCUT2D eigenvalue weighted by atomic mass is 10.1. The number of halogens is 3. The van der Waals surface area contributed by atoms with Crippen LogP contribution in [0.1, 0.15) is 51.3 Å². The van der Waals surface area contributed by atoms with E-state index in [1.807, 2.05) is 31.2 Å².